The topological polar surface area (TPSA) is 49.8 Å². The van der Waals surface area contributed by atoms with E-state index in [2.05, 4.69) is 0 Å². The van der Waals surface area contributed by atoms with Crippen LogP contribution in [0.1, 0.15) is 15.9 Å². The van der Waals surface area contributed by atoms with E-state index in [1.165, 1.54) is 6.07 Å². The van der Waals surface area contributed by atoms with Crippen molar-refractivity contribution in [2.24, 2.45) is 0 Å². The van der Waals surface area contributed by atoms with Crippen LogP contribution in [-0.2, 0) is 6.54 Å². The first-order chi connectivity index (χ1) is 10.1. The molecule has 0 radical (unpaired) electrons. The number of nitrogens with zero attached hydrogens (tertiary/aromatic N) is 1. The van der Waals surface area contributed by atoms with E-state index < -0.39 is 17.3 Å². The van der Waals surface area contributed by atoms with Gasteiger partial charge >= 0.3 is 5.97 Å². The number of carboxylic acids is 1. The summed E-state index contributed by atoms with van der Waals surface area (Å²) in [5.41, 5.74) is 0.855. The highest BCUT2D eigenvalue weighted by Crippen LogP contribution is 2.40. The summed E-state index contributed by atoms with van der Waals surface area (Å²) in [6.07, 6.45) is 0. The van der Waals surface area contributed by atoms with Crippen molar-refractivity contribution in [1.29, 1.82) is 0 Å². The summed E-state index contributed by atoms with van der Waals surface area (Å²) >= 11 is 7.31. The van der Waals surface area contributed by atoms with E-state index in [1.54, 1.807) is 11.3 Å². The van der Waals surface area contributed by atoms with E-state index in [4.69, 9.17) is 16.3 Å². The summed E-state index contributed by atoms with van der Waals surface area (Å²) in [7, 11) is 0. The standard InChI is InChI=1S/C14H11ClFNO3S/c15-9-5-10-13(11(12(9)16)14(18)19)17(2-3-20-10)6-8-1-4-21-7-8/h1,4-5,7H,2-3,6H2,(H,18,19). The van der Waals surface area contributed by atoms with Gasteiger partial charge in [-0.05, 0) is 22.4 Å². The van der Waals surface area contributed by atoms with Crippen LogP contribution in [0, 0.1) is 5.82 Å². The smallest absolute Gasteiger partial charge is 0.341 e. The molecule has 0 atom stereocenters. The fourth-order valence-corrected chi connectivity index (χ4v) is 3.20. The van der Waals surface area contributed by atoms with Gasteiger partial charge in [0.25, 0.3) is 0 Å². The molecule has 1 aliphatic heterocycles. The summed E-state index contributed by atoms with van der Waals surface area (Å²) in [6, 6.07) is 3.28. The zero-order valence-electron chi connectivity index (χ0n) is 10.8. The normalized spacial score (nSPS) is 13.7. The molecule has 2 heterocycles. The Morgan fingerprint density at radius 1 is 1.57 bits per heavy atom. The third-order valence-corrected chi connectivity index (χ3v) is 4.27. The van der Waals surface area contributed by atoms with Crippen molar-refractivity contribution >= 4 is 34.6 Å². The van der Waals surface area contributed by atoms with E-state index >= 15 is 0 Å². The van der Waals surface area contributed by atoms with Crippen LogP contribution in [0.3, 0.4) is 0 Å². The molecule has 1 aromatic heterocycles. The minimum Gasteiger partial charge on any atom is -0.489 e. The van der Waals surface area contributed by atoms with Crippen molar-refractivity contribution in [3.8, 4) is 5.75 Å². The molecule has 0 amide bonds. The van der Waals surface area contributed by atoms with E-state index in [0.717, 1.165) is 5.56 Å². The predicted molar refractivity (Wildman–Crippen MR) is 79.2 cm³/mol. The van der Waals surface area contributed by atoms with E-state index in [1.807, 2.05) is 21.7 Å². The van der Waals surface area contributed by atoms with Gasteiger partial charge in [-0.2, -0.15) is 11.3 Å². The number of hydrogen-bond acceptors (Lipinski definition) is 4. The Morgan fingerprint density at radius 2 is 2.38 bits per heavy atom. The fourth-order valence-electron chi connectivity index (χ4n) is 2.35. The lowest BCUT2D eigenvalue weighted by atomic mass is 10.1. The van der Waals surface area contributed by atoms with Crippen LogP contribution in [0.15, 0.2) is 22.9 Å². The molecule has 4 nitrogen and oxygen atoms in total. The van der Waals surface area contributed by atoms with Gasteiger partial charge < -0.3 is 14.7 Å². The highest BCUT2D eigenvalue weighted by Gasteiger charge is 2.30. The van der Waals surface area contributed by atoms with E-state index in [9.17, 15) is 14.3 Å². The number of anilines is 1. The number of benzene rings is 1. The monoisotopic (exact) mass is 327 g/mol. The Labute approximate surface area is 129 Å². The first kappa shape index (κ1) is 14.2. The van der Waals surface area contributed by atoms with Crippen molar-refractivity contribution in [2.45, 2.75) is 6.54 Å². The molecule has 0 saturated heterocycles. The van der Waals surface area contributed by atoms with Crippen molar-refractivity contribution in [1.82, 2.24) is 0 Å². The van der Waals surface area contributed by atoms with Crippen molar-refractivity contribution in [3.63, 3.8) is 0 Å². The molecule has 1 aromatic carbocycles. The molecule has 0 saturated carbocycles. The molecule has 1 aliphatic rings. The molecule has 7 heteroatoms. The third kappa shape index (κ3) is 2.56. The summed E-state index contributed by atoms with van der Waals surface area (Å²) in [5.74, 6) is -1.98. The van der Waals surface area contributed by atoms with Gasteiger partial charge in [-0.15, -0.1) is 0 Å². The zero-order chi connectivity index (χ0) is 15.0. The molecule has 0 spiro atoms. The Bertz CT molecular complexity index is 690. The number of aromatic carboxylic acids is 1. The summed E-state index contributed by atoms with van der Waals surface area (Å²) in [4.78, 5) is 13.2. The minimum atomic E-state index is -1.35. The Balaban J connectivity index is 2.10. The molecule has 0 fully saturated rings. The molecular weight excluding hydrogens is 317 g/mol. The van der Waals surface area contributed by atoms with E-state index in [0.29, 0.717) is 25.4 Å². The Morgan fingerprint density at radius 3 is 3.05 bits per heavy atom. The van der Waals surface area contributed by atoms with Gasteiger partial charge in [0.2, 0.25) is 0 Å². The van der Waals surface area contributed by atoms with Crippen molar-refractivity contribution in [3.05, 3.63) is 44.9 Å². The van der Waals surface area contributed by atoms with Crippen LogP contribution in [0.4, 0.5) is 10.1 Å². The van der Waals surface area contributed by atoms with Gasteiger partial charge in [0, 0.05) is 12.6 Å². The molecule has 0 aliphatic carbocycles. The van der Waals surface area contributed by atoms with Crippen LogP contribution < -0.4 is 9.64 Å². The number of carbonyl (C=O) groups is 1. The van der Waals surface area contributed by atoms with Crippen LogP contribution >= 0.6 is 22.9 Å². The first-order valence-corrected chi connectivity index (χ1v) is 7.54. The first-order valence-electron chi connectivity index (χ1n) is 6.22. The molecule has 0 bridgehead atoms. The van der Waals surface area contributed by atoms with Gasteiger partial charge in [0.15, 0.2) is 5.82 Å². The summed E-state index contributed by atoms with van der Waals surface area (Å²) < 4.78 is 19.5. The quantitative estimate of drug-likeness (QED) is 0.935. The van der Waals surface area contributed by atoms with Gasteiger partial charge in [0.1, 0.15) is 17.9 Å². The summed E-state index contributed by atoms with van der Waals surface area (Å²) in [5, 5.41) is 13.0. The van der Waals surface area contributed by atoms with Gasteiger partial charge in [-0.3, -0.25) is 0 Å². The third-order valence-electron chi connectivity index (χ3n) is 3.26. The fraction of sp³-hybridized carbons (Fsp3) is 0.214. The molecule has 110 valence electrons. The number of ether oxygens (including phenoxy) is 1. The Kier molecular flexibility index (Phi) is 3.73. The second-order valence-corrected chi connectivity index (χ2v) is 5.79. The van der Waals surface area contributed by atoms with Crippen LogP contribution in [0.2, 0.25) is 5.02 Å². The summed E-state index contributed by atoms with van der Waals surface area (Å²) in [6.45, 7) is 1.39. The average Bonchev–Trinajstić information content (AvgIpc) is 2.93. The molecule has 3 rings (SSSR count). The average molecular weight is 328 g/mol. The number of rotatable bonds is 3. The maximum atomic E-state index is 14.1. The number of fused-ring (bicyclic) bond motifs is 1. The van der Waals surface area contributed by atoms with Gasteiger partial charge in [-0.25, -0.2) is 9.18 Å². The lowest BCUT2D eigenvalue weighted by Crippen LogP contribution is -2.34. The molecule has 2 aromatic rings. The van der Waals surface area contributed by atoms with Crippen LogP contribution in [0.5, 0.6) is 5.75 Å². The SMILES string of the molecule is O=C(O)c1c(F)c(Cl)cc2c1N(Cc1ccsc1)CCO2. The second kappa shape index (κ2) is 5.54. The maximum Gasteiger partial charge on any atom is 0.341 e. The molecule has 21 heavy (non-hydrogen) atoms. The second-order valence-electron chi connectivity index (χ2n) is 4.60. The zero-order valence-corrected chi connectivity index (χ0v) is 12.4. The van der Waals surface area contributed by atoms with Crippen molar-refractivity contribution < 1.29 is 19.0 Å². The number of halogens is 2. The number of carboxylic acid groups (broad SMARTS) is 1. The lowest BCUT2D eigenvalue weighted by molar-refractivity contribution is 0.0691. The highest BCUT2D eigenvalue weighted by atomic mass is 35.5. The number of thiophene rings is 1. The van der Waals surface area contributed by atoms with Crippen molar-refractivity contribution in [2.75, 3.05) is 18.1 Å². The highest BCUT2D eigenvalue weighted by molar-refractivity contribution is 7.07. The lowest BCUT2D eigenvalue weighted by Gasteiger charge is -2.32. The van der Waals surface area contributed by atoms with Gasteiger partial charge in [0.05, 0.1) is 17.3 Å². The van der Waals surface area contributed by atoms with E-state index in [-0.39, 0.29) is 10.7 Å². The maximum absolute atomic E-state index is 14.1. The predicted octanol–water partition coefficient (Wildman–Crippen LogP) is 3.64. The molecular formula is C14H11ClFNO3S. The van der Waals surface area contributed by atoms with Crippen LogP contribution in [-0.4, -0.2) is 24.2 Å². The largest absolute Gasteiger partial charge is 0.489 e. The molecule has 1 N–H and O–H groups in total. The Hall–Kier alpha value is -1.79. The van der Waals surface area contributed by atoms with Crippen LogP contribution in [0.25, 0.3) is 0 Å². The van der Waals surface area contributed by atoms with Gasteiger partial charge in [-0.1, -0.05) is 11.6 Å². The number of hydrogen-bond donors (Lipinski definition) is 1. The molecule has 0 unspecified atom stereocenters. The minimum absolute atomic E-state index is 0.247.